The molecule has 5 nitrogen and oxygen atoms in total. The highest BCUT2D eigenvalue weighted by Crippen LogP contribution is 2.14. The number of benzene rings is 1. The predicted molar refractivity (Wildman–Crippen MR) is 75.5 cm³/mol. The normalized spacial score (nSPS) is 22.6. The van der Waals surface area contributed by atoms with E-state index in [-0.39, 0.29) is 11.8 Å². The standard InChI is InChI=1S/C15H20N2O3/c1-10-15(19)17(11(2)14(18)16-10)9-8-12-4-6-13(20-3)7-5-12/h4-7,10-11H,8-9H2,1-3H3,(H,16,18). The van der Waals surface area contributed by atoms with Crippen LogP contribution in [0.2, 0.25) is 0 Å². The average molecular weight is 276 g/mol. The summed E-state index contributed by atoms with van der Waals surface area (Å²) in [7, 11) is 1.63. The number of ether oxygens (including phenoxy) is 1. The highest BCUT2D eigenvalue weighted by atomic mass is 16.5. The van der Waals surface area contributed by atoms with Gasteiger partial charge in [0, 0.05) is 6.54 Å². The Morgan fingerprint density at radius 2 is 1.85 bits per heavy atom. The Morgan fingerprint density at radius 1 is 1.20 bits per heavy atom. The van der Waals surface area contributed by atoms with Gasteiger partial charge in [0.1, 0.15) is 17.8 Å². The van der Waals surface area contributed by atoms with E-state index in [0.29, 0.717) is 6.54 Å². The second kappa shape index (κ2) is 5.94. The van der Waals surface area contributed by atoms with Crippen LogP contribution in [0.25, 0.3) is 0 Å². The molecule has 0 spiro atoms. The quantitative estimate of drug-likeness (QED) is 0.891. The fourth-order valence-corrected chi connectivity index (χ4v) is 2.32. The van der Waals surface area contributed by atoms with Gasteiger partial charge in [0.2, 0.25) is 11.8 Å². The largest absolute Gasteiger partial charge is 0.497 e. The van der Waals surface area contributed by atoms with E-state index in [2.05, 4.69) is 5.32 Å². The van der Waals surface area contributed by atoms with Gasteiger partial charge in [-0.25, -0.2) is 0 Å². The number of hydrogen-bond acceptors (Lipinski definition) is 3. The molecule has 1 aliphatic heterocycles. The average Bonchev–Trinajstić information content (AvgIpc) is 2.46. The van der Waals surface area contributed by atoms with Crippen LogP contribution in [-0.2, 0) is 16.0 Å². The van der Waals surface area contributed by atoms with Crippen LogP contribution in [0.15, 0.2) is 24.3 Å². The van der Waals surface area contributed by atoms with Gasteiger partial charge in [0.15, 0.2) is 0 Å². The molecule has 0 aromatic heterocycles. The van der Waals surface area contributed by atoms with Crippen molar-refractivity contribution in [3.8, 4) is 5.75 Å². The summed E-state index contributed by atoms with van der Waals surface area (Å²) in [5.41, 5.74) is 1.12. The first-order valence-corrected chi connectivity index (χ1v) is 6.76. The zero-order valence-electron chi connectivity index (χ0n) is 12.1. The summed E-state index contributed by atoms with van der Waals surface area (Å²) in [5.74, 6) is 0.696. The Morgan fingerprint density at radius 3 is 2.45 bits per heavy atom. The number of carbonyl (C=O) groups excluding carboxylic acids is 2. The van der Waals surface area contributed by atoms with Gasteiger partial charge in [-0.1, -0.05) is 12.1 Å². The summed E-state index contributed by atoms with van der Waals surface area (Å²) in [6, 6.07) is 6.90. The second-order valence-corrected chi connectivity index (χ2v) is 5.04. The molecule has 1 heterocycles. The van der Waals surface area contributed by atoms with Crippen LogP contribution in [0, 0.1) is 0 Å². The number of nitrogens with zero attached hydrogens (tertiary/aromatic N) is 1. The number of nitrogens with one attached hydrogen (secondary N) is 1. The number of rotatable bonds is 4. The van der Waals surface area contributed by atoms with E-state index in [0.717, 1.165) is 17.7 Å². The molecule has 0 aliphatic carbocycles. The zero-order valence-corrected chi connectivity index (χ0v) is 12.1. The van der Waals surface area contributed by atoms with Crippen molar-refractivity contribution < 1.29 is 14.3 Å². The van der Waals surface area contributed by atoms with Gasteiger partial charge in [0.05, 0.1) is 7.11 Å². The molecule has 2 unspecified atom stereocenters. The van der Waals surface area contributed by atoms with Crippen molar-refractivity contribution in [3.05, 3.63) is 29.8 Å². The Balaban J connectivity index is 2.00. The third-order valence-corrected chi connectivity index (χ3v) is 3.66. The zero-order chi connectivity index (χ0) is 14.7. The highest BCUT2D eigenvalue weighted by Gasteiger charge is 2.35. The predicted octanol–water partition coefficient (Wildman–Crippen LogP) is 0.973. The Hall–Kier alpha value is -2.04. The summed E-state index contributed by atoms with van der Waals surface area (Å²) >= 11 is 0. The summed E-state index contributed by atoms with van der Waals surface area (Å²) in [6.45, 7) is 4.02. The maximum absolute atomic E-state index is 12.1. The third kappa shape index (κ3) is 2.92. The first-order valence-electron chi connectivity index (χ1n) is 6.76. The number of amides is 2. The van der Waals surface area contributed by atoms with Crippen molar-refractivity contribution in [2.75, 3.05) is 13.7 Å². The van der Waals surface area contributed by atoms with Crippen molar-refractivity contribution >= 4 is 11.8 Å². The summed E-state index contributed by atoms with van der Waals surface area (Å²) in [6.07, 6.45) is 0.722. The molecule has 1 aliphatic rings. The van der Waals surface area contributed by atoms with Crippen LogP contribution in [0.5, 0.6) is 5.75 Å². The number of methoxy groups -OCH3 is 1. The summed E-state index contributed by atoms with van der Waals surface area (Å²) in [4.78, 5) is 25.5. The molecule has 1 aromatic rings. The van der Waals surface area contributed by atoms with Gasteiger partial charge in [-0.2, -0.15) is 0 Å². The number of carbonyl (C=O) groups is 2. The topological polar surface area (TPSA) is 58.6 Å². The molecule has 1 fully saturated rings. The molecule has 1 saturated heterocycles. The SMILES string of the molecule is COc1ccc(CCN2C(=O)C(C)NC(=O)C2C)cc1. The second-order valence-electron chi connectivity index (χ2n) is 5.04. The van der Waals surface area contributed by atoms with Crippen LogP contribution >= 0.6 is 0 Å². The minimum atomic E-state index is -0.436. The molecule has 0 bridgehead atoms. The van der Waals surface area contributed by atoms with Crippen molar-refractivity contribution in [2.45, 2.75) is 32.4 Å². The van der Waals surface area contributed by atoms with E-state index >= 15 is 0 Å². The lowest BCUT2D eigenvalue weighted by Crippen LogP contribution is -2.61. The molecule has 108 valence electrons. The van der Waals surface area contributed by atoms with E-state index in [1.807, 2.05) is 24.3 Å². The fraction of sp³-hybridized carbons (Fsp3) is 0.467. The minimum absolute atomic E-state index is 0.0226. The molecule has 20 heavy (non-hydrogen) atoms. The lowest BCUT2D eigenvalue weighted by atomic mass is 10.1. The van der Waals surface area contributed by atoms with Crippen LogP contribution in [0.3, 0.4) is 0 Å². The smallest absolute Gasteiger partial charge is 0.245 e. The van der Waals surface area contributed by atoms with Gasteiger partial charge in [-0.15, -0.1) is 0 Å². The molecule has 1 aromatic carbocycles. The van der Waals surface area contributed by atoms with E-state index in [9.17, 15) is 9.59 Å². The lowest BCUT2D eigenvalue weighted by molar-refractivity contribution is -0.148. The van der Waals surface area contributed by atoms with Crippen molar-refractivity contribution in [3.63, 3.8) is 0 Å². The summed E-state index contributed by atoms with van der Waals surface area (Å²) in [5, 5.41) is 2.68. The van der Waals surface area contributed by atoms with Crippen LogP contribution < -0.4 is 10.1 Å². The van der Waals surface area contributed by atoms with Gasteiger partial charge in [-0.05, 0) is 38.0 Å². The molecular formula is C15H20N2O3. The van der Waals surface area contributed by atoms with Crippen molar-refractivity contribution in [1.29, 1.82) is 0 Å². The maximum atomic E-state index is 12.1. The lowest BCUT2D eigenvalue weighted by Gasteiger charge is -2.36. The molecule has 0 radical (unpaired) electrons. The van der Waals surface area contributed by atoms with Crippen molar-refractivity contribution in [2.24, 2.45) is 0 Å². The van der Waals surface area contributed by atoms with E-state index in [1.165, 1.54) is 0 Å². The highest BCUT2D eigenvalue weighted by molar-refractivity contribution is 5.96. The van der Waals surface area contributed by atoms with E-state index < -0.39 is 12.1 Å². The molecular weight excluding hydrogens is 256 g/mol. The van der Waals surface area contributed by atoms with Crippen LogP contribution in [0.4, 0.5) is 0 Å². The monoisotopic (exact) mass is 276 g/mol. The molecule has 1 N–H and O–H groups in total. The minimum Gasteiger partial charge on any atom is -0.497 e. The van der Waals surface area contributed by atoms with Gasteiger partial charge >= 0.3 is 0 Å². The first kappa shape index (κ1) is 14.4. The molecule has 2 atom stereocenters. The maximum Gasteiger partial charge on any atom is 0.245 e. The summed E-state index contributed by atoms with van der Waals surface area (Å²) < 4.78 is 5.11. The Bertz CT molecular complexity index is 498. The van der Waals surface area contributed by atoms with Crippen LogP contribution in [0.1, 0.15) is 19.4 Å². The molecule has 5 heteroatoms. The van der Waals surface area contributed by atoms with E-state index in [4.69, 9.17) is 4.74 Å². The fourth-order valence-electron chi connectivity index (χ4n) is 2.32. The van der Waals surface area contributed by atoms with Gasteiger partial charge in [-0.3, -0.25) is 9.59 Å². The van der Waals surface area contributed by atoms with Gasteiger partial charge < -0.3 is 15.0 Å². The van der Waals surface area contributed by atoms with E-state index in [1.54, 1.807) is 25.9 Å². The number of hydrogen-bond donors (Lipinski definition) is 1. The third-order valence-electron chi connectivity index (χ3n) is 3.66. The number of piperazine rings is 1. The van der Waals surface area contributed by atoms with Crippen LogP contribution in [-0.4, -0.2) is 42.5 Å². The molecule has 2 rings (SSSR count). The van der Waals surface area contributed by atoms with Gasteiger partial charge in [0.25, 0.3) is 0 Å². The Kier molecular flexibility index (Phi) is 4.27. The molecule has 2 amide bonds. The molecule has 0 saturated carbocycles. The Labute approximate surface area is 118 Å². The van der Waals surface area contributed by atoms with Crippen molar-refractivity contribution in [1.82, 2.24) is 10.2 Å². The first-order chi connectivity index (χ1) is 9.52.